The number of rotatable bonds is 9. The summed E-state index contributed by atoms with van der Waals surface area (Å²) in [4.78, 5) is 46.0. The summed E-state index contributed by atoms with van der Waals surface area (Å²) in [5.74, 6) is -2.41. The Morgan fingerprint density at radius 2 is 1.97 bits per heavy atom. The Hall–Kier alpha value is -2.68. The molecule has 3 heterocycles. The molecule has 0 saturated carbocycles. The van der Waals surface area contributed by atoms with Crippen LogP contribution in [0.15, 0.2) is 49.6 Å². The lowest BCUT2D eigenvalue weighted by Gasteiger charge is -2.38. The third-order valence-corrected chi connectivity index (χ3v) is 7.82. The van der Waals surface area contributed by atoms with E-state index in [0.717, 1.165) is 0 Å². The summed E-state index contributed by atoms with van der Waals surface area (Å²) >= 11 is 6.44. The molecule has 1 spiro atoms. The Morgan fingerprint density at radius 1 is 1.29 bits per heavy atom. The van der Waals surface area contributed by atoms with E-state index in [-0.39, 0.29) is 30.9 Å². The van der Waals surface area contributed by atoms with Crippen LogP contribution in [0.2, 0.25) is 5.02 Å². The van der Waals surface area contributed by atoms with Gasteiger partial charge in [0.05, 0.1) is 41.3 Å². The summed E-state index contributed by atoms with van der Waals surface area (Å²) in [5.41, 5.74) is -0.660. The Morgan fingerprint density at radius 3 is 2.60 bits per heavy atom. The minimum absolute atomic E-state index is 0.170. The minimum atomic E-state index is -1.15. The SMILES string of the molecule is C=CCN(C)C(=O)[C@@H]1[C@H]2C(=O)N([C@H](C)CO)C(C(=O)N(CC=C)c3ccccc3Cl)C23CC[C@H]1O3. The Bertz CT molecular complexity index is 1050. The number of aliphatic hydroxyl groups excluding tert-OH is 1. The number of aliphatic hydroxyl groups is 1. The molecule has 3 amide bonds. The van der Waals surface area contributed by atoms with Gasteiger partial charge in [-0.15, -0.1) is 13.2 Å². The first-order valence-corrected chi connectivity index (χ1v) is 12.2. The van der Waals surface area contributed by atoms with Crippen LogP contribution in [-0.2, 0) is 19.1 Å². The van der Waals surface area contributed by atoms with Gasteiger partial charge in [-0.3, -0.25) is 14.4 Å². The number of carbonyl (C=O) groups excluding carboxylic acids is 3. The van der Waals surface area contributed by atoms with E-state index >= 15 is 0 Å². The van der Waals surface area contributed by atoms with E-state index in [1.807, 2.05) is 0 Å². The summed E-state index contributed by atoms with van der Waals surface area (Å²) < 4.78 is 6.45. The molecule has 4 rings (SSSR count). The molecule has 2 bridgehead atoms. The molecule has 2 unspecified atom stereocenters. The molecule has 3 aliphatic heterocycles. The van der Waals surface area contributed by atoms with Crippen molar-refractivity contribution in [2.45, 2.75) is 43.6 Å². The van der Waals surface area contributed by atoms with E-state index in [9.17, 15) is 19.5 Å². The van der Waals surface area contributed by atoms with Gasteiger partial charge in [0.25, 0.3) is 5.91 Å². The number of carbonyl (C=O) groups is 3. The average molecular weight is 502 g/mol. The number of nitrogens with zero attached hydrogens (tertiary/aromatic N) is 3. The first-order chi connectivity index (χ1) is 16.7. The molecule has 0 aromatic heterocycles. The summed E-state index contributed by atoms with van der Waals surface area (Å²) in [6.45, 7) is 9.36. The van der Waals surface area contributed by atoms with Crippen molar-refractivity contribution in [2.24, 2.45) is 11.8 Å². The van der Waals surface area contributed by atoms with Crippen LogP contribution in [0.4, 0.5) is 5.69 Å². The number of ether oxygens (including phenoxy) is 1. The molecule has 8 nitrogen and oxygen atoms in total. The van der Waals surface area contributed by atoms with Crippen molar-refractivity contribution in [3.63, 3.8) is 0 Å². The fraction of sp³-hybridized carbons (Fsp3) is 0.500. The van der Waals surface area contributed by atoms with Gasteiger partial charge in [0, 0.05) is 20.1 Å². The molecule has 1 aromatic rings. The number of anilines is 1. The standard InChI is InChI=1S/C26H32ClN3O5/c1-5-13-28(4)23(32)20-19-11-12-26(35-19)21(20)24(33)30(16(3)15-31)22(26)25(34)29(14-6-2)18-10-8-7-9-17(18)27/h5-10,16,19-22,31H,1-2,11-15H2,3-4H3/t16-,19-,20+,21+,22?,26?/m1/s1. The molecule has 3 fully saturated rings. The second-order valence-electron chi connectivity index (χ2n) is 9.53. The zero-order chi connectivity index (χ0) is 25.5. The lowest BCUT2D eigenvalue weighted by molar-refractivity contribution is -0.146. The van der Waals surface area contributed by atoms with Crippen molar-refractivity contribution in [1.82, 2.24) is 9.80 Å². The van der Waals surface area contributed by atoms with Crippen molar-refractivity contribution >= 4 is 35.0 Å². The van der Waals surface area contributed by atoms with Gasteiger partial charge in [0.2, 0.25) is 11.8 Å². The molecular formula is C26H32ClN3O5. The van der Waals surface area contributed by atoms with E-state index in [1.165, 1.54) is 14.7 Å². The van der Waals surface area contributed by atoms with Gasteiger partial charge in [0.1, 0.15) is 11.6 Å². The topological polar surface area (TPSA) is 90.4 Å². The first-order valence-electron chi connectivity index (χ1n) is 11.9. The van der Waals surface area contributed by atoms with Gasteiger partial charge < -0.3 is 24.5 Å². The molecule has 0 aliphatic carbocycles. The maximum absolute atomic E-state index is 14.3. The quantitative estimate of drug-likeness (QED) is 0.524. The summed E-state index contributed by atoms with van der Waals surface area (Å²) in [6, 6.07) is 5.33. The number of likely N-dealkylation sites (tertiary alicyclic amines) is 1. The number of para-hydroxylation sites is 1. The Labute approximate surface area is 210 Å². The number of hydrogen-bond donors (Lipinski definition) is 1. The van der Waals surface area contributed by atoms with Crippen LogP contribution in [0, 0.1) is 11.8 Å². The third-order valence-electron chi connectivity index (χ3n) is 7.50. The highest BCUT2D eigenvalue weighted by atomic mass is 35.5. The maximum atomic E-state index is 14.3. The van der Waals surface area contributed by atoms with Crippen LogP contribution in [0.5, 0.6) is 0 Å². The molecule has 0 radical (unpaired) electrons. The molecular weight excluding hydrogens is 470 g/mol. The fourth-order valence-electron chi connectivity index (χ4n) is 6.01. The number of hydrogen-bond acceptors (Lipinski definition) is 5. The lowest BCUT2D eigenvalue weighted by atomic mass is 9.70. The van der Waals surface area contributed by atoms with Gasteiger partial charge in [-0.1, -0.05) is 35.9 Å². The van der Waals surface area contributed by atoms with Crippen LogP contribution < -0.4 is 4.90 Å². The van der Waals surface area contributed by atoms with E-state index in [4.69, 9.17) is 16.3 Å². The van der Waals surface area contributed by atoms with E-state index in [0.29, 0.717) is 30.1 Å². The second-order valence-corrected chi connectivity index (χ2v) is 9.94. The molecule has 3 saturated heterocycles. The average Bonchev–Trinajstić information content (AvgIpc) is 3.49. The van der Waals surface area contributed by atoms with E-state index < -0.39 is 35.6 Å². The van der Waals surface area contributed by atoms with Crippen LogP contribution >= 0.6 is 11.6 Å². The van der Waals surface area contributed by atoms with Crippen molar-refractivity contribution in [2.75, 3.05) is 31.6 Å². The van der Waals surface area contributed by atoms with Gasteiger partial charge in [-0.2, -0.15) is 0 Å². The monoisotopic (exact) mass is 501 g/mol. The predicted octanol–water partition coefficient (Wildman–Crippen LogP) is 2.26. The van der Waals surface area contributed by atoms with Crippen molar-refractivity contribution in [1.29, 1.82) is 0 Å². The van der Waals surface area contributed by atoms with Crippen molar-refractivity contribution in [3.8, 4) is 0 Å². The van der Waals surface area contributed by atoms with E-state index in [1.54, 1.807) is 50.4 Å². The molecule has 35 heavy (non-hydrogen) atoms. The number of fused-ring (bicyclic) bond motifs is 1. The number of halogens is 1. The number of amides is 3. The highest BCUT2D eigenvalue weighted by Crippen LogP contribution is 2.59. The number of benzene rings is 1. The molecule has 6 atom stereocenters. The zero-order valence-electron chi connectivity index (χ0n) is 20.1. The largest absolute Gasteiger partial charge is 0.394 e. The fourth-order valence-corrected chi connectivity index (χ4v) is 6.24. The molecule has 1 N–H and O–H groups in total. The highest BCUT2D eigenvalue weighted by molar-refractivity contribution is 6.34. The van der Waals surface area contributed by atoms with Gasteiger partial charge in [0.15, 0.2) is 0 Å². The summed E-state index contributed by atoms with van der Waals surface area (Å²) in [6.07, 6.45) is 3.82. The van der Waals surface area contributed by atoms with Gasteiger partial charge >= 0.3 is 0 Å². The minimum Gasteiger partial charge on any atom is -0.394 e. The van der Waals surface area contributed by atoms with Crippen LogP contribution in [-0.4, -0.2) is 83.2 Å². The van der Waals surface area contributed by atoms with E-state index in [2.05, 4.69) is 13.2 Å². The van der Waals surface area contributed by atoms with Crippen molar-refractivity contribution in [3.05, 3.63) is 54.6 Å². The van der Waals surface area contributed by atoms with Crippen LogP contribution in [0.1, 0.15) is 19.8 Å². The number of likely N-dealkylation sites (N-methyl/N-ethyl adjacent to an activating group) is 1. The summed E-state index contributed by atoms with van der Waals surface area (Å²) in [7, 11) is 1.67. The Balaban J connectivity index is 1.80. The third kappa shape index (κ3) is 3.88. The van der Waals surface area contributed by atoms with Crippen LogP contribution in [0.3, 0.4) is 0 Å². The normalized spacial score (nSPS) is 29.6. The molecule has 3 aliphatic rings. The van der Waals surface area contributed by atoms with Crippen LogP contribution in [0.25, 0.3) is 0 Å². The maximum Gasteiger partial charge on any atom is 0.253 e. The smallest absolute Gasteiger partial charge is 0.253 e. The molecule has 1 aromatic carbocycles. The first kappa shape index (κ1) is 25.4. The van der Waals surface area contributed by atoms with Gasteiger partial charge in [-0.05, 0) is 31.9 Å². The van der Waals surface area contributed by atoms with Crippen molar-refractivity contribution < 1.29 is 24.2 Å². The Kier molecular flexibility index (Phi) is 7.09. The predicted molar refractivity (Wildman–Crippen MR) is 133 cm³/mol. The second kappa shape index (κ2) is 9.76. The summed E-state index contributed by atoms with van der Waals surface area (Å²) in [5, 5.41) is 10.4. The highest BCUT2D eigenvalue weighted by Gasteiger charge is 2.75. The van der Waals surface area contributed by atoms with Gasteiger partial charge in [-0.25, -0.2) is 0 Å². The molecule has 188 valence electrons. The lowest BCUT2D eigenvalue weighted by Crippen LogP contribution is -2.58. The molecule has 9 heteroatoms. The zero-order valence-corrected chi connectivity index (χ0v) is 20.9.